The van der Waals surface area contributed by atoms with E-state index >= 15 is 0 Å². The van der Waals surface area contributed by atoms with Crippen LogP contribution >= 0.6 is 11.6 Å². The number of benzene rings is 1. The number of anilines is 1. The molecule has 4 heterocycles. The molecule has 0 saturated carbocycles. The summed E-state index contributed by atoms with van der Waals surface area (Å²) in [6.07, 6.45) is 0. The lowest BCUT2D eigenvalue weighted by atomic mass is 10.1. The fraction of sp³-hybridized carbons (Fsp3) is 0.524. The molecule has 0 aliphatic carbocycles. The van der Waals surface area contributed by atoms with E-state index in [2.05, 4.69) is 9.80 Å². The zero-order valence-corrected chi connectivity index (χ0v) is 18.5. The van der Waals surface area contributed by atoms with Crippen LogP contribution in [-0.4, -0.2) is 109 Å². The first-order valence-electron chi connectivity index (χ1n) is 10.6. The van der Waals surface area contributed by atoms with Crippen LogP contribution in [0, 0.1) is 6.92 Å². The van der Waals surface area contributed by atoms with Crippen LogP contribution in [0.5, 0.6) is 0 Å². The van der Waals surface area contributed by atoms with E-state index in [1.54, 1.807) is 7.05 Å². The summed E-state index contributed by atoms with van der Waals surface area (Å²) in [5, 5.41) is 0.692. The van der Waals surface area contributed by atoms with Gasteiger partial charge in [0, 0.05) is 43.8 Å². The predicted molar refractivity (Wildman–Crippen MR) is 117 cm³/mol. The number of hydrogen-bond donors (Lipinski definition) is 0. The Kier molecular flexibility index (Phi) is 5.19. The van der Waals surface area contributed by atoms with E-state index < -0.39 is 6.04 Å². The third-order valence-electron chi connectivity index (χ3n) is 6.47. The minimum absolute atomic E-state index is 0.199. The molecule has 2 saturated heterocycles. The van der Waals surface area contributed by atoms with Gasteiger partial charge in [-0.15, -0.1) is 0 Å². The monoisotopic (exact) mass is 445 g/mol. The average Bonchev–Trinajstić information content (AvgIpc) is 3.34. The molecule has 164 valence electrons. The molecule has 0 aromatic heterocycles. The number of amides is 3. The van der Waals surface area contributed by atoms with Crippen molar-refractivity contribution in [2.75, 3.05) is 64.4 Å². The number of hydrogen-bond acceptors (Lipinski definition) is 6. The fourth-order valence-corrected chi connectivity index (χ4v) is 4.82. The highest BCUT2D eigenvalue weighted by molar-refractivity contribution is 6.32. The zero-order chi connectivity index (χ0) is 21.7. The molecule has 1 atom stereocenters. The van der Waals surface area contributed by atoms with Crippen LogP contribution in [0.15, 0.2) is 23.2 Å². The molecule has 0 radical (unpaired) electrons. The van der Waals surface area contributed by atoms with Crippen molar-refractivity contribution in [2.45, 2.75) is 13.0 Å². The maximum absolute atomic E-state index is 13.4. The molecule has 4 aliphatic heterocycles. The van der Waals surface area contributed by atoms with Crippen molar-refractivity contribution in [3.8, 4) is 0 Å². The third kappa shape index (κ3) is 3.31. The summed E-state index contributed by atoms with van der Waals surface area (Å²) in [5.74, 6) is 1.00. The first kappa shape index (κ1) is 20.4. The lowest BCUT2D eigenvalue weighted by Crippen LogP contribution is -2.63. The second-order valence-electron chi connectivity index (χ2n) is 8.19. The molecule has 4 aliphatic rings. The number of ether oxygens (including phenoxy) is 1. The lowest BCUT2D eigenvalue weighted by Gasteiger charge is -2.35. The normalized spacial score (nSPS) is 24.2. The first-order valence-corrected chi connectivity index (χ1v) is 11.0. The number of morpholine rings is 1. The van der Waals surface area contributed by atoms with E-state index in [0.717, 1.165) is 24.3 Å². The number of aliphatic imine (C=N–C) groups is 1. The highest BCUT2D eigenvalue weighted by Gasteiger charge is 2.55. The van der Waals surface area contributed by atoms with Gasteiger partial charge < -0.3 is 4.74 Å². The molecule has 1 aromatic carbocycles. The Bertz CT molecular complexity index is 1000. The van der Waals surface area contributed by atoms with E-state index in [4.69, 9.17) is 21.3 Å². The summed E-state index contributed by atoms with van der Waals surface area (Å²) in [6, 6.07) is 4.90. The van der Waals surface area contributed by atoms with Crippen LogP contribution in [0.3, 0.4) is 0 Å². The number of carbonyl (C=O) groups excluding carboxylic acids is 2. The van der Waals surface area contributed by atoms with Gasteiger partial charge >= 0.3 is 12.0 Å². The molecule has 3 amide bonds. The highest BCUT2D eigenvalue weighted by Crippen LogP contribution is 2.31. The molecule has 5 rings (SSSR count). The minimum Gasteiger partial charge on any atom is -0.379 e. The van der Waals surface area contributed by atoms with Crippen molar-refractivity contribution in [1.29, 1.82) is 0 Å². The summed E-state index contributed by atoms with van der Waals surface area (Å²) < 4.78 is 7.38. The van der Waals surface area contributed by atoms with Gasteiger partial charge in [0.05, 0.1) is 19.8 Å². The van der Waals surface area contributed by atoms with Crippen LogP contribution in [-0.2, 0) is 9.53 Å². The lowest BCUT2D eigenvalue weighted by molar-refractivity contribution is -0.525. The molecule has 0 N–H and O–H groups in total. The quantitative estimate of drug-likeness (QED) is 0.642. The summed E-state index contributed by atoms with van der Waals surface area (Å²) >= 11 is 6.33. The van der Waals surface area contributed by atoms with E-state index in [1.807, 2.05) is 29.7 Å². The largest absolute Gasteiger partial charge is 0.397 e. The Labute approximate surface area is 186 Å². The Morgan fingerprint density at radius 3 is 2.74 bits per heavy atom. The maximum Gasteiger partial charge on any atom is 0.397 e. The highest BCUT2D eigenvalue weighted by atomic mass is 35.5. The molecular formula is C21H26ClN6O3+. The Morgan fingerprint density at radius 1 is 1.19 bits per heavy atom. The van der Waals surface area contributed by atoms with Crippen molar-refractivity contribution in [3.05, 3.63) is 28.8 Å². The second kappa shape index (κ2) is 7.89. The van der Waals surface area contributed by atoms with Crippen LogP contribution < -0.4 is 4.90 Å². The standard InChI is InChI=1S/C21H26ClN6O3/c1-14-15(22)4-3-5-16(14)26-8-9-27-17-18(23-20(26)27)24(2)21(30)28(19(17)29)7-6-25-10-12-31-13-11-25/h3-5,17H,6-13H2,1-2H3/q+1. The van der Waals surface area contributed by atoms with E-state index in [-0.39, 0.29) is 11.9 Å². The van der Waals surface area contributed by atoms with E-state index in [9.17, 15) is 9.59 Å². The van der Waals surface area contributed by atoms with Gasteiger partial charge in [-0.25, -0.2) is 14.3 Å². The third-order valence-corrected chi connectivity index (χ3v) is 6.88. The van der Waals surface area contributed by atoms with Gasteiger partial charge in [-0.1, -0.05) is 22.7 Å². The van der Waals surface area contributed by atoms with Crippen molar-refractivity contribution < 1.29 is 18.9 Å². The van der Waals surface area contributed by atoms with Gasteiger partial charge in [0.15, 0.2) is 0 Å². The number of nitrogens with zero attached hydrogens (tertiary/aromatic N) is 6. The van der Waals surface area contributed by atoms with Crippen molar-refractivity contribution in [2.24, 2.45) is 4.99 Å². The smallest absolute Gasteiger partial charge is 0.379 e. The van der Waals surface area contributed by atoms with Crippen LogP contribution in [0.25, 0.3) is 0 Å². The van der Waals surface area contributed by atoms with Gasteiger partial charge in [-0.3, -0.25) is 19.5 Å². The number of amidine groups is 1. The van der Waals surface area contributed by atoms with Crippen molar-refractivity contribution in [1.82, 2.24) is 14.7 Å². The Balaban J connectivity index is 1.41. The van der Waals surface area contributed by atoms with Gasteiger partial charge in [0.2, 0.25) is 11.9 Å². The molecule has 0 bridgehead atoms. The first-order chi connectivity index (χ1) is 15.0. The minimum atomic E-state index is -0.563. The number of rotatable bonds is 4. The summed E-state index contributed by atoms with van der Waals surface area (Å²) in [5.41, 5.74) is 1.94. The van der Waals surface area contributed by atoms with Crippen LogP contribution in [0.2, 0.25) is 5.02 Å². The topological polar surface area (TPSA) is 71.7 Å². The average molecular weight is 446 g/mol. The molecular weight excluding hydrogens is 420 g/mol. The number of guanidine groups is 1. The molecule has 1 unspecified atom stereocenters. The summed E-state index contributed by atoms with van der Waals surface area (Å²) in [7, 11) is 1.69. The molecule has 1 aromatic rings. The van der Waals surface area contributed by atoms with Gasteiger partial charge in [0.25, 0.3) is 5.91 Å². The summed E-state index contributed by atoms with van der Waals surface area (Å²) in [4.78, 5) is 38.3. The number of imide groups is 1. The summed E-state index contributed by atoms with van der Waals surface area (Å²) in [6.45, 7) is 7.37. The predicted octanol–water partition coefficient (Wildman–Crippen LogP) is 0.844. The maximum atomic E-state index is 13.4. The number of urea groups is 1. The molecule has 9 nitrogen and oxygen atoms in total. The molecule has 0 spiro atoms. The van der Waals surface area contributed by atoms with Gasteiger partial charge in [0.1, 0.15) is 12.2 Å². The van der Waals surface area contributed by atoms with Crippen LogP contribution in [0.1, 0.15) is 5.56 Å². The zero-order valence-electron chi connectivity index (χ0n) is 17.8. The Hall–Kier alpha value is -2.49. The fourth-order valence-electron chi connectivity index (χ4n) is 4.65. The number of halogens is 1. The van der Waals surface area contributed by atoms with Crippen molar-refractivity contribution in [3.63, 3.8) is 0 Å². The van der Waals surface area contributed by atoms with Gasteiger partial charge in [-0.05, 0) is 19.1 Å². The molecule has 2 fully saturated rings. The SMILES string of the molecule is Cc1c(Cl)cccc1N1CC[N+]2=C1N=C1C2C(=O)N(CCN2CCOCC2)C(=O)N1C. The Morgan fingerprint density at radius 2 is 1.97 bits per heavy atom. The molecule has 31 heavy (non-hydrogen) atoms. The van der Waals surface area contributed by atoms with Crippen molar-refractivity contribution >= 4 is 41.0 Å². The van der Waals surface area contributed by atoms with Crippen LogP contribution in [0.4, 0.5) is 10.5 Å². The van der Waals surface area contributed by atoms with E-state index in [1.165, 1.54) is 9.80 Å². The molecule has 10 heteroatoms. The number of carbonyl (C=O) groups is 2. The van der Waals surface area contributed by atoms with Gasteiger partial charge in [-0.2, -0.15) is 0 Å². The second-order valence-corrected chi connectivity index (χ2v) is 8.59. The van der Waals surface area contributed by atoms with E-state index in [0.29, 0.717) is 56.2 Å². The number of likely N-dealkylation sites (N-methyl/N-ethyl adjacent to an activating group) is 1. The number of fused-ring (bicyclic) bond motifs is 2.